The largest absolute Gasteiger partial charge is 0.397 e. The summed E-state index contributed by atoms with van der Waals surface area (Å²) in [5.74, 6) is -0.836. The quantitative estimate of drug-likeness (QED) is 0.752. The number of hydrogen-bond acceptors (Lipinski definition) is 3. The Labute approximate surface area is 104 Å². The molecule has 0 aromatic carbocycles. The Bertz CT molecular complexity index is 264. The van der Waals surface area contributed by atoms with Crippen LogP contribution in [0.3, 0.4) is 0 Å². The number of halogens is 3. The standard InChI is InChI=1S/C11H19F3N2O2/c12-11(13,14)9-10(18)16-6-4-15(5-7-16)3-1-2-8-17/h17H,1-9H2. The monoisotopic (exact) mass is 268 g/mol. The van der Waals surface area contributed by atoms with Crippen LogP contribution in [-0.4, -0.2) is 66.3 Å². The summed E-state index contributed by atoms with van der Waals surface area (Å²) in [5.41, 5.74) is 0. The van der Waals surface area contributed by atoms with Gasteiger partial charge >= 0.3 is 6.18 Å². The molecule has 1 N–H and O–H groups in total. The third kappa shape index (κ3) is 5.68. The fourth-order valence-corrected chi connectivity index (χ4v) is 1.95. The Hall–Kier alpha value is -0.820. The molecular weight excluding hydrogens is 249 g/mol. The number of carbonyl (C=O) groups is 1. The fraction of sp³-hybridized carbons (Fsp3) is 0.909. The van der Waals surface area contributed by atoms with Crippen molar-refractivity contribution in [1.29, 1.82) is 0 Å². The topological polar surface area (TPSA) is 43.8 Å². The van der Waals surface area contributed by atoms with Crippen LogP contribution in [0.15, 0.2) is 0 Å². The third-order valence-corrected chi connectivity index (χ3v) is 2.96. The molecule has 106 valence electrons. The van der Waals surface area contributed by atoms with Crippen molar-refractivity contribution in [3.05, 3.63) is 0 Å². The highest BCUT2D eigenvalue weighted by Gasteiger charge is 2.34. The zero-order chi connectivity index (χ0) is 13.6. The van der Waals surface area contributed by atoms with E-state index < -0.39 is 18.5 Å². The van der Waals surface area contributed by atoms with Gasteiger partial charge in [0, 0.05) is 32.8 Å². The first kappa shape index (κ1) is 15.2. The highest BCUT2D eigenvalue weighted by molar-refractivity contribution is 5.76. The van der Waals surface area contributed by atoms with Crippen LogP contribution in [0.5, 0.6) is 0 Å². The van der Waals surface area contributed by atoms with E-state index >= 15 is 0 Å². The molecule has 0 atom stereocenters. The van der Waals surface area contributed by atoms with Crippen molar-refractivity contribution in [1.82, 2.24) is 9.80 Å². The SMILES string of the molecule is O=C(CC(F)(F)F)N1CCN(CCCCO)CC1. The van der Waals surface area contributed by atoms with Crippen molar-refractivity contribution in [2.45, 2.75) is 25.4 Å². The number of amides is 1. The van der Waals surface area contributed by atoms with Crippen LogP contribution in [0.1, 0.15) is 19.3 Å². The molecule has 0 bridgehead atoms. The number of aliphatic hydroxyl groups excluding tert-OH is 1. The van der Waals surface area contributed by atoms with Crippen LogP contribution < -0.4 is 0 Å². The number of rotatable bonds is 5. The van der Waals surface area contributed by atoms with Gasteiger partial charge in [0.25, 0.3) is 0 Å². The molecule has 0 saturated carbocycles. The van der Waals surface area contributed by atoms with Crippen molar-refractivity contribution in [3.63, 3.8) is 0 Å². The molecule has 1 aliphatic heterocycles. The molecule has 1 rings (SSSR count). The number of aliphatic hydroxyl groups is 1. The lowest BCUT2D eigenvalue weighted by atomic mass is 10.2. The number of carbonyl (C=O) groups excluding carboxylic acids is 1. The lowest BCUT2D eigenvalue weighted by molar-refractivity contribution is -0.162. The fourth-order valence-electron chi connectivity index (χ4n) is 1.95. The molecule has 0 aromatic heterocycles. The minimum Gasteiger partial charge on any atom is -0.396 e. The molecule has 0 aromatic rings. The van der Waals surface area contributed by atoms with Crippen molar-refractivity contribution in [2.75, 3.05) is 39.3 Å². The second-order valence-corrected chi connectivity index (χ2v) is 4.45. The van der Waals surface area contributed by atoms with Gasteiger partial charge < -0.3 is 10.0 Å². The van der Waals surface area contributed by atoms with E-state index in [1.54, 1.807) is 0 Å². The van der Waals surface area contributed by atoms with Gasteiger partial charge in [0.1, 0.15) is 6.42 Å². The van der Waals surface area contributed by atoms with Crippen LogP contribution in [0.4, 0.5) is 13.2 Å². The number of piperazine rings is 1. The zero-order valence-electron chi connectivity index (χ0n) is 10.2. The number of alkyl halides is 3. The highest BCUT2D eigenvalue weighted by Crippen LogP contribution is 2.21. The van der Waals surface area contributed by atoms with Crippen LogP contribution in [0, 0.1) is 0 Å². The average molecular weight is 268 g/mol. The van der Waals surface area contributed by atoms with Gasteiger partial charge in [0.15, 0.2) is 0 Å². The summed E-state index contributed by atoms with van der Waals surface area (Å²) in [4.78, 5) is 14.7. The molecule has 0 aliphatic carbocycles. The van der Waals surface area contributed by atoms with E-state index in [4.69, 9.17) is 5.11 Å². The number of nitrogens with zero attached hydrogens (tertiary/aromatic N) is 2. The van der Waals surface area contributed by atoms with Gasteiger partial charge in [0.2, 0.25) is 5.91 Å². The first-order valence-electron chi connectivity index (χ1n) is 6.10. The second-order valence-electron chi connectivity index (χ2n) is 4.45. The van der Waals surface area contributed by atoms with E-state index in [1.165, 1.54) is 4.90 Å². The minimum absolute atomic E-state index is 0.157. The smallest absolute Gasteiger partial charge is 0.396 e. The minimum atomic E-state index is -4.42. The molecule has 4 nitrogen and oxygen atoms in total. The molecular formula is C11H19F3N2O2. The van der Waals surface area contributed by atoms with Gasteiger partial charge in [-0.15, -0.1) is 0 Å². The van der Waals surface area contributed by atoms with E-state index in [-0.39, 0.29) is 6.61 Å². The second kappa shape index (κ2) is 6.94. The summed E-state index contributed by atoms with van der Waals surface area (Å²) in [6.45, 7) is 2.90. The maximum absolute atomic E-state index is 12.1. The lowest BCUT2D eigenvalue weighted by Gasteiger charge is -2.34. The summed E-state index contributed by atoms with van der Waals surface area (Å²) in [6.07, 6.45) is -4.19. The molecule has 7 heteroatoms. The summed E-state index contributed by atoms with van der Waals surface area (Å²) < 4.78 is 36.2. The Morgan fingerprint density at radius 2 is 1.72 bits per heavy atom. The van der Waals surface area contributed by atoms with E-state index in [0.717, 1.165) is 19.4 Å². The van der Waals surface area contributed by atoms with Gasteiger partial charge in [0.05, 0.1) is 0 Å². The van der Waals surface area contributed by atoms with Crippen molar-refractivity contribution in [2.24, 2.45) is 0 Å². The van der Waals surface area contributed by atoms with Crippen molar-refractivity contribution in [3.8, 4) is 0 Å². The predicted octanol–water partition coefficient (Wildman–Crippen LogP) is 0.856. The van der Waals surface area contributed by atoms with Gasteiger partial charge in [-0.2, -0.15) is 13.2 Å². The van der Waals surface area contributed by atoms with Crippen LogP contribution >= 0.6 is 0 Å². The van der Waals surface area contributed by atoms with Gasteiger partial charge in [-0.3, -0.25) is 9.69 Å². The van der Waals surface area contributed by atoms with Gasteiger partial charge in [-0.05, 0) is 19.4 Å². The molecule has 1 aliphatic rings. The van der Waals surface area contributed by atoms with Gasteiger partial charge in [-0.25, -0.2) is 0 Å². The summed E-state index contributed by atoms with van der Waals surface area (Å²) in [7, 11) is 0. The Kier molecular flexibility index (Phi) is 5.87. The Balaban J connectivity index is 2.24. The first-order valence-corrected chi connectivity index (χ1v) is 6.10. The summed E-state index contributed by atoms with van der Waals surface area (Å²) >= 11 is 0. The normalized spacial score (nSPS) is 18.1. The summed E-state index contributed by atoms with van der Waals surface area (Å²) in [5, 5.41) is 8.64. The molecule has 18 heavy (non-hydrogen) atoms. The highest BCUT2D eigenvalue weighted by atomic mass is 19.4. The molecule has 0 unspecified atom stereocenters. The van der Waals surface area contributed by atoms with Gasteiger partial charge in [-0.1, -0.05) is 0 Å². The van der Waals surface area contributed by atoms with E-state index in [1.807, 2.05) is 0 Å². The first-order chi connectivity index (χ1) is 8.42. The Morgan fingerprint density at radius 3 is 2.22 bits per heavy atom. The van der Waals surface area contributed by atoms with Crippen LogP contribution in [0.25, 0.3) is 0 Å². The number of unbranched alkanes of at least 4 members (excludes halogenated alkanes) is 1. The van der Waals surface area contributed by atoms with E-state index in [2.05, 4.69) is 4.90 Å². The van der Waals surface area contributed by atoms with Crippen LogP contribution in [-0.2, 0) is 4.79 Å². The van der Waals surface area contributed by atoms with Crippen molar-refractivity contribution < 1.29 is 23.1 Å². The van der Waals surface area contributed by atoms with E-state index in [0.29, 0.717) is 26.2 Å². The van der Waals surface area contributed by atoms with Crippen LogP contribution in [0.2, 0.25) is 0 Å². The molecule has 1 amide bonds. The van der Waals surface area contributed by atoms with E-state index in [9.17, 15) is 18.0 Å². The Morgan fingerprint density at radius 1 is 1.11 bits per heavy atom. The third-order valence-electron chi connectivity index (χ3n) is 2.96. The number of hydrogen-bond donors (Lipinski definition) is 1. The van der Waals surface area contributed by atoms with Crippen molar-refractivity contribution >= 4 is 5.91 Å². The molecule has 0 spiro atoms. The molecule has 0 radical (unpaired) electrons. The summed E-state index contributed by atoms with van der Waals surface area (Å²) in [6, 6.07) is 0. The predicted molar refractivity (Wildman–Crippen MR) is 60.0 cm³/mol. The molecule has 1 heterocycles. The maximum Gasteiger partial charge on any atom is 0.397 e. The lowest BCUT2D eigenvalue weighted by Crippen LogP contribution is -2.49. The zero-order valence-corrected chi connectivity index (χ0v) is 10.2. The maximum atomic E-state index is 12.1. The molecule has 1 saturated heterocycles. The molecule has 1 fully saturated rings. The average Bonchev–Trinajstić information content (AvgIpc) is 2.28.